The Bertz CT molecular complexity index is 1350. The van der Waals surface area contributed by atoms with Crippen molar-refractivity contribution in [3.8, 4) is 0 Å². The Morgan fingerprint density at radius 2 is 1.68 bits per heavy atom. The summed E-state index contributed by atoms with van der Waals surface area (Å²) < 4.78 is 1.62. The van der Waals surface area contributed by atoms with E-state index >= 15 is 0 Å². The van der Waals surface area contributed by atoms with Gasteiger partial charge in [-0.1, -0.05) is 85.8 Å². The largest absolute Gasteiger partial charge is 0.376 e. The van der Waals surface area contributed by atoms with Gasteiger partial charge in [0.05, 0.1) is 10.6 Å². The number of aryl methyl sites for hydroxylation is 1. The molecule has 1 aromatic heterocycles. The first-order chi connectivity index (χ1) is 17.8. The third kappa shape index (κ3) is 5.14. The van der Waals surface area contributed by atoms with Crippen LogP contribution in [-0.4, -0.2) is 37.7 Å². The number of nitrogens with one attached hydrogen (secondary N) is 1. The number of allylic oxidation sites excluding steroid dienone is 1. The lowest BCUT2D eigenvalue weighted by atomic mass is 9.76. The maximum Gasteiger partial charge on any atom is 0.259 e. The van der Waals surface area contributed by atoms with Gasteiger partial charge in [-0.15, -0.1) is 5.10 Å². The van der Waals surface area contributed by atoms with E-state index in [1.165, 1.54) is 0 Å². The van der Waals surface area contributed by atoms with Gasteiger partial charge < -0.3 is 10.0 Å². The maximum atomic E-state index is 13.1. The molecule has 4 rings (SSSR count). The number of carbonyl (C=O) groups excluding carboxylic acids is 1. The fourth-order valence-electron chi connectivity index (χ4n) is 4.41. The van der Waals surface area contributed by atoms with Crippen molar-refractivity contribution in [3.63, 3.8) is 0 Å². The first-order valence-corrected chi connectivity index (χ1v) is 12.5. The maximum absolute atomic E-state index is 13.1. The highest BCUT2D eigenvalue weighted by atomic mass is 35.5. The molecule has 2 heterocycles. The second-order valence-electron chi connectivity index (χ2n) is 8.66. The number of amides is 1. The van der Waals surface area contributed by atoms with Crippen LogP contribution in [0.25, 0.3) is 0 Å². The summed E-state index contributed by atoms with van der Waals surface area (Å²) >= 11 is 6.50. The lowest BCUT2D eigenvalue weighted by Crippen LogP contribution is -2.32. The van der Waals surface area contributed by atoms with Gasteiger partial charge in [0.15, 0.2) is 0 Å². The van der Waals surface area contributed by atoms with E-state index in [2.05, 4.69) is 22.0 Å². The predicted octanol–water partition coefficient (Wildman–Crippen LogP) is 5.34. The van der Waals surface area contributed by atoms with E-state index in [4.69, 9.17) is 11.6 Å². The minimum atomic E-state index is -1.49. The van der Waals surface area contributed by atoms with E-state index < -0.39 is 11.5 Å². The second kappa shape index (κ2) is 11.0. The molecule has 0 bridgehead atoms. The number of halogens is 1. The minimum absolute atomic E-state index is 0.198. The van der Waals surface area contributed by atoms with Crippen molar-refractivity contribution < 1.29 is 9.90 Å². The number of rotatable bonds is 8. The van der Waals surface area contributed by atoms with Gasteiger partial charge in [0.25, 0.3) is 5.91 Å². The summed E-state index contributed by atoms with van der Waals surface area (Å²) in [5.41, 5.74) is 2.19. The van der Waals surface area contributed by atoms with Crippen LogP contribution < -0.4 is 5.32 Å². The van der Waals surface area contributed by atoms with Gasteiger partial charge in [-0.25, -0.2) is 4.98 Å². The molecule has 0 saturated heterocycles. The Balaban J connectivity index is 1.79. The Morgan fingerprint density at radius 3 is 2.19 bits per heavy atom. The van der Waals surface area contributed by atoms with E-state index in [-0.39, 0.29) is 16.6 Å². The quantitative estimate of drug-likeness (QED) is 0.423. The number of hydrogen-bond donors (Lipinski definition) is 2. The first kappa shape index (κ1) is 26.1. The molecule has 1 aliphatic rings. The SMILES string of the molecule is C=C(/C(CC)=C1/C=C(C(=O)Nc2ncn(CC)n2)C(Cl)=CN1C)C(O)(c1ccccc1)c1ccccc1. The molecule has 0 radical (unpaired) electrons. The zero-order valence-corrected chi connectivity index (χ0v) is 21.9. The summed E-state index contributed by atoms with van der Waals surface area (Å²) in [5, 5.41) is 19.5. The molecule has 7 nitrogen and oxygen atoms in total. The van der Waals surface area contributed by atoms with Crippen molar-refractivity contribution in [1.29, 1.82) is 0 Å². The molecular formula is C29H30ClN5O2. The minimum Gasteiger partial charge on any atom is -0.376 e. The van der Waals surface area contributed by atoms with Crippen molar-refractivity contribution in [1.82, 2.24) is 19.7 Å². The highest BCUT2D eigenvalue weighted by Crippen LogP contribution is 2.42. The van der Waals surface area contributed by atoms with E-state index in [1.807, 2.05) is 86.5 Å². The van der Waals surface area contributed by atoms with Crippen molar-refractivity contribution in [2.45, 2.75) is 32.4 Å². The van der Waals surface area contributed by atoms with Crippen LogP contribution >= 0.6 is 11.6 Å². The van der Waals surface area contributed by atoms with E-state index in [1.54, 1.807) is 23.3 Å². The fourth-order valence-corrected chi connectivity index (χ4v) is 4.69. The van der Waals surface area contributed by atoms with Gasteiger partial charge in [-0.2, -0.15) is 0 Å². The zero-order chi connectivity index (χ0) is 26.6. The molecule has 0 spiro atoms. The lowest BCUT2D eigenvalue weighted by molar-refractivity contribution is -0.112. The number of nitrogens with zero attached hydrogens (tertiary/aromatic N) is 4. The van der Waals surface area contributed by atoms with Gasteiger partial charge in [0, 0.05) is 25.5 Å². The lowest BCUT2D eigenvalue weighted by Gasteiger charge is -2.35. The summed E-state index contributed by atoms with van der Waals surface area (Å²) in [6.07, 6.45) is 5.50. The first-order valence-electron chi connectivity index (χ1n) is 12.1. The van der Waals surface area contributed by atoms with E-state index in [0.29, 0.717) is 35.4 Å². The number of benzene rings is 2. The van der Waals surface area contributed by atoms with Gasteiger partial charge in [-0.05, 0) is 41.7 Å². The molecule has 1 aliphatic heterocycles. The van der Waals surface area contributed by atoms with Crippen LogP contribution in [0.1, 0.15) is 31.4 Å². The highest BCUT2D eigenvalue weighted by molar-refractivity contribution is 6.36. The molecule has 0 atom stereocenters. The van der Waals surface area contributed by atoms with Crippen molar-refractivity contribution in [2.75, 3.05) is 12.4 Å². The van der Waals surface area contributed by atoms with E-state index in [9.17, 15) is 9.90 Å². The van der Waals surface area contributed by atoms with Crippen LogP contribution in [0.15, 0.2) is 113 Å². The van der Waals surface area contributed by atoms with Gasteiger partial charge >= 0.3 is 0 Å². The number of anilines is 1. The summed E-state index contributed by atoms with van der Waals surface area (Å²) in [5.74, 6) is -0.229. The molecule has 0 saturated carbocycles. The van der Waals surface area contributed by atoms with Crippen molar-refractivity contribution in [3.05, 3.63) is 124 Å². The molecule has 8 heteroatoms. The smallest absolute Gasteiger partial charge is 0.259 e. The Labute approximate surface area is 222 Å². The fraction of sp³-hybridized carbons (Fsp3) is 0.207. The van der Waals surface area contributed by atoms with Crippen LogP contribution in [0.4, 0.5) is 5.95 Å². The molecular weight excluding hydrogens is 486 g/mol. The molecule has 0 aliphatic carbocycles. The van der Waals surface area contributed by atoms with Crippen LogP contribution in [0.2, 0.25) is 0 Å². The number of hydrogen-bond acceptors (Lipinski definition) is 5. The van der Waals surface area contributed by atoms with Gasteiger partial charge in [0.2, 0.25) is 5.95 Å². The molecule has 37 heavy (non-hydrogen) atoms. The predicted molar refractivity (Wildman–Crippen MR) is 146 cm³/mol. The summed E-state index contributed by atoms with van der Waals surface area (Å²) in [4.78, 5) is 19.1. The third-order valence-corrected chi connectivity index (χ3v) is 6.70. The molecule has 190 valence electrons. The average molecular weight is 516 g/mol. The summed E-state index contributed by atoms with van der Waals surface area (Å²) in [7, 11) is 1.85. The summed E-state index contributed by atoms with van der Waals surface area (Å²) in [6, 6.07) is 18.9. The second-order valence-corrected chi connectivity index (χ2v) is 9.07. The molecule has 1 amide bonds. The topological polar surface area (TPSA) is 83.3 Å². The van der Waals surface area contributed by atoms with Crippen molar-refractivity contribution >= 4 is 23.5 Å². The molecule has 0 fully saturated rings. The van der Waals surface area contributed by atoms with Crippen LogP contribution in [0.3, 0.4) is 0 Å². The Hall–Kier alpha value is -3.94. The van der Waals surface area contributed by atoms with Gasteiger partial charge in [-0.3, -0.25) is 14.8 Å². The Morgan fingerprint density at radius 1 is 1.08 bits per heavy atom. The third-order valence-electron chi connectivity index (χ3n) is 6.40. The number of aliphatic hydroxyl groups is 1. The molecule has 0 unspecified atom stereocenters. The molecule has 3 aromatic rings. The highest BCUT2D eigenvalue weighted by Gasteiger charge is 2.37. The van der Waals surface area contributed by atoms with Crippen LogP contribution in [0.5, 0.6) is 0 Å². The van der Waals surface area contributed by atoms with Crippen LogP contribution in [0, 0.1) is 0 Å². The standard InChI is InChI=1S/C29H30ClN5O2/c1-5-23(20(3)29(37,21-13-9-7-10-14-21)22-15-11-8-12-16-22)26-17-24(25(30)18-34(26)4)27(36)32-28-31-19-35(6-2)33-28/h7-19,37H,3,5-6H2,1-2,4H3,(H,32,33,36)/b26-23-. The van der Waals surface area contributed by atoms with Crippen molar-refractivity contribution in [2.24, 2.45) is 0 Å². The number of aromatic nitrogens is 3. The number of carbonyl (C=O) groups is 1. The monoisotopic (exact) mass is 515 g/mol. The zero-order valence-electron chi connectivity index (χ0n) is 21.1. The molecule has 2 aromatic carbocycles. The number of likely N-dealkylation sites (N-methyl/N-ethyl adjacent to an activating group) is 1. The summed E-state index contributed by atoms with van der Waals surface area (Å²) in [6.45, 7) is 8.95. The normalized spacial score (nSPS) is 15.1. The average Bonchev–Trinajstić information content (AvgIpc) is 3.38. The van der Waals surface area contributed by atoms with Crippen LogP contribution in [-0.2, 0) is 16.9 Å². The Kier molecular flexibility index (Phi) is 7.76. The molecule has 2 N–H and O–H groups in total. The van der Waals surface area contributed by atoms with Gasteiger partial charge in [0.1, 0.15) is 11.9 Å². The van der Waals surface area contributed by atoms with E-state index in [0.717, 1.165) is 5.57 Å².